The Hall–Kier alpha value is -3.63. The van der Waals surface area contributed by atoms with Gasteiger partial charge in [0, 0.05) is 42.2 Å². The van der Waals surface area contributed by atoms with E-state index in [2.05, 4.69) is 33.0 Å². The number of carbonyl (C=O) groups is 1. The number of nitrogens with one attached hydrogen (secondary N) is 3. The number of nitrogens with zero attached hydrogens (tertiary/aromatic N) is 4. The first kappa shape index (κ1) is 23.1. The highest BCUT2D eigenvalue weighted by Crippen LogP contribution is 2.31. The summed E-state index contributed by atoms with van der Waals surface area (Å²) in [6.07, 6.45) is 1.99. The molecular weight excluding hydrogens is 462 g/mol. The molecule has 2 fully saturated rings. The second kappa shape index (κ2) is 10.3. The van der Waals surface area contributed by atoms with Crippen LogP contribution in [0.2, 0.25) is 0 Å². The van der Waals surface area contributed by atoms with Crippen LogP contribution < -0.4 is 25.8 Å². The molecule has 0 radical (unpaired) electrons. The van der Waals surface area contributed by atoms with Crippen LogP contribution in [0, 0.1) is 0 Å². The SMILES string of the molecule is COc1ccccc1C(=O)Nc1ccc(Sc2nc(N=C3CC(C)NN3)cc(N3CCC3)n2)cc1. The molecule has 9 nitrogen and oxygen atoms in total. The number of hydrazine groups is 1. The normalized spacial score (nSPS) is 18.2. The number of amides is 1. The van der Waals surface area contributed by atoms with Gasteiger partial charge >= 0.3 is 0 Å². The molecule has 2 saturated heterocycles. The molecule has 1 unspecified atom stereocenters. The minimum Gasteiger partial charge on any atom is -0.496 e. The molecule has 180 valence electrons. The monoisotopic (exact) mass is 489 g/mol. The van der Waals surface area contributed by atoms with Gasteiger partial charge in [0.25, 0.3) is 5.91 Å². The standard InChI is InChI=1S/C25H27N7O2S/c1-16-14-22(31-30-16)27-21-15-23(32-12-5-13-32)29-25(28-21)35-18-10-8-17(9-11-18)26-24(33)19-6-3-4-7-20(19)34-2/h3-4,6-11,15-16,30H,5,12-14H2,1-2H3,(H,26,33)(H,27,28,29,31). The van der Waals surface area contributed by atoms with Gasteiger partial charge in [0.2, 0.25) is 0 Å². The fourth-order valence-corrected chi connectivity index (χ4v) is 4.53. The second-order valence-corrected chi connectivity index (χ2v) is 9.46. The molecule has 0 aliphatic carbocycles. The van der Waals surface area contributed by atoms with Crippen molar-refractivity contribution >= 4 is 40.8 Å². The van der Waals surface area contributed by atoms with Crippen molar-refractivity contribution in [1.82, 2.24) is 20.8 Å². The molecule has 5 rings (SSSR count). The highest BCUT2D eigenvalue weighted by Gasteiger charge is 2.20. The largest absolute Gasteiger partial charge is 0.496 e. The maximum absolute atomic E-state index is 12.7. The van der Waals surface area contributed by atoms with Crippen molar-refractivity contribution in [2.75, 3.05) is 30.4 Å². The summed E-state index contributed by atoms with van der Waals surface area (Å²) in [5.41, 5.74) is 7.46. The molecular formula is C25H27N7O2S. The van der Waals surface area contributed by atoms with Crippen LogP contribution >= 0.6 is 11.8 Å². The summed E-state index contributed by atoms with van der Waals surface area (Å²) in [5.74, 6) is 2.73. The second-order valence-electron chi connectivity index (χ2n) is 8.42. The lowest BCUT2D eigenvalue weighted by Crippen LogP contribution is -2.37. The van der Waals surface area contributed by atoms with Gasteiger partial charge in [0.05, 0.1) is 12.7 Å². The maximum Gasteiger partial charge on any atom is 0.259 e. The van der Waals surface area contributed by atoms with Crippen LogP contribution in [0.5, 0.6) is 5.75 Å². The first-order chi connectivity index (χ1) is 17.1. The molecule has 1 amide bonds. The minimum atomic E-state index is -0.221. The van der Waals surface area contributed by atoms with E-state index in [1.54, 1.807) is 19.2 Å². The first-order valence-electron chi connectivity index (χ1n) is 11.5. The Balaban J connectivity index is 1.31. The van der Waals surface area contributed by atoms with Gasteiger partial charge in [0.15, 0.2) is 11.0 Å². The van der Waals surface area contributed by atoms with Crippen LogP contribution in [0.1, 0.15) is 30.1 Å². The van der Waals surface area contributed by atoms with Crippen molar-refractivity contribution in [2.24, 2.45) is 4.99 Å². The zero-order valence-corrected chi connectivity index (χ0v) is 20.4. The molecule has 1 atom stereocenters. The zero-order chi connectivity index (χ0) is 24.2. The predicted molar refractivity (Wildman–Crippen MR) is 138 cm³/mol. The average Bonchev–Trinajstić information content (AvgIpc) is 3.23. The van der Waals surface area contributed by atoms with Crippen LogP contribution in [0.4, 0.5) is 17.3 Å². The van der Waals surface area contributed by atoms with Gasteiger partial charge in [-0.2, -0.15) is 0 Å². The molecule has 3 heterocycles. The quantitative estimate of drug-likeness (QED) is 0.428. The summed E-state index contributed by atoms with van der Waals surface area (Å²) >= 11 is 1.47. The Bertz CT molecular complexity index is 1240. The van der Waals surface area contributed by atoms with E-state index in [1.165, 1.54) is 18.2 Å². The molecule has 1 aromatic heterocycles. The Morgan fingerprint density at radius 1 is 1.17 bits per heavy atom. The molecule has 10 heteroatoms. The number of aliphatic imine (C=N–C) groups is 1. The van der Waals surface area contributed by atoms with Gasteiger partial charge in [-0.1, -0.05) is 12.1 Å². The molecule has 0 spiro atoms. The Morgan fingerprint density at radius 3 is 2.66 bits per heavy atom. The number of benzene rings is 2. The van der Waals surface area contributed by atoms with Gasteiger partial charge in [-0.15, -0.1) is 0 Å². The van der Waals surface area contributed by atoms with Gasteiger partial charge in [0.1, 0.15) is 17.4 Å². The number of para-hydroxylation sites is 1. The van der Waals surface area contributed by atoms with E-state index < -0.39 is 0 Å². The average molecular weight is 490 g/mol. The van der Waals surface area contributed by atoms with E-state index >= 15 is 0 Å². The highest BCUT2D eigenvalue weighted by molar-refractivity contribution is 7.99. The molecule has 0 saturated carbocycles. The number of anilines is 2. The Morgan fingerprint density at radius 2 is 1.97 bits per heavy atom. The molecule has 2 aliphatic heterocycles. The number of ether oxygens (including phenoxy) is 1. The predicted octanol–water partition coefficient (Wildman–Crippen LogP) is 4.02. The van der Waals surface area contributed by atoms with Crippen LogP contribution in [0.25, 0.3) is 0 Å². The molecule has 2 aliphatic rings. The Labute approximate surface area is 208 Å². The molecule has 3 aromatic rings. The fraction of sp³-hybridized carbons (Fsp3) is 0.280. The first-order valence-corrected chi connectivity index (χ1v) is 12.3. The summed E-state index contributed by atoms with van der Waals surface area (Å²) in [5, 5.41) is 3.56. The topological polar surface area (TPSA) is 104 Å². The maximum atomic E-state index is 12.7. The van der Waals surface area contributed by atoms with Crippen molar-refractivity contribution in [3.8, 4) is 5.75 Å². The number of hydrogen-bond donors (Lipinski definition) is 3. The third-order valence-corrected chi connectivity index (χ3v) is 6.62. The van der Waals surface area contributed by atoms with Gasteiger partial charge < -0.3 is 20.4 Å². The summed E-state index contributed by atoms with van der Waals surface area (Å²) in [7, 11) is 1.55. The lowest BCUT2D eigenvalue weighted by Gasteiger charge is -2.32. The van der Waals surface area contributed by atoms with E-state index in [-0.39, 0.29) is 5.91 Å². The van der Waals surface area contributed by atoms with Gasteiger partial charge in [-0.05, 0) is 61.5 Å². The number of aromatic nitrogens is 2. The minimum absolute atomic E-state index is 0.221. The Kier molecular flexibility index (Phi) is 6.82. The van der Waals surface area contributed by atoms with Crippen LogP contribution in [0.3, 0.4) is 0 Å². The van der Waals surface area contributed by atoms with Crippen LogP contribution in [-0.4, -0.2) is 48.0 Å². The van der Waals surface area contributed by atoms with E-state index in [4.69, 9.17) is 14.7 Å². The third kappa shape index (κ3) is 5.55. The number of rotatable bonds is 7. The van der Waals surface area contributed by atoms with Crippen molar-refractivity contribution in [1.29, 1.82) is 0 Å². The van der Waals surface area contributed by atoms with Crippen LogP contribution in [0.15, 0.2) is 69.6 Å². The van der Waals surface area contributed by atoms with Gasteiger partial charge in [-0.25, -0.2) is 20.4 Å². The lowest BCUT2D eigenvalue weighted by molar-refractivity contribution is 0.102. The van der Waals surface area contributed by atoms with Crippen molar-refractivity contribution in [2.45, 2.75) is 35.9 Å². The highest BCUT2D eigenvalue weighted by atomic mass is 32.2. The van der Waals surface area contributed by atoms with Crippen LogP contribution in [-0.2, 0) is 0 Å². The number of methoxy groups -OCH3 is 1. The summed E-state index contributed by atoms with van der Waals surface area (Å²) < 4.78 is 5.29. The number of amidine groups is 1. The van der Waals surface area contributed by atoms with Crippen molar-refractivity contribution in [3.63, 3.8) is 0 Å². The third-order valence-electron chi connectivity index (χ3n) is 5.74. The van der Waals surface area contributed by atoms with E-state index in [0.717, 1.165) is 36.1 Å². The molecule has 3 N–H and O–H groups in total. The van der Waals surface area contributed by atoms with E-state index in [0.29, 0.717) is 34.0 Å². The summed E-state index contributed by atoms with van der Waals surface area (Å²) in [6, 6.07) is 17.0. The van der Waals surface area contributed by atoms with E-state index in [9.17, 15) is 4.79 Å². The van der Waals surface area contributed by atoms with Crippen molar-refractivity contribution < 1.29 is 9.53 Å². The lowest BCUT2D eigenvalue weighted by atomic mass is 10.2. The van der Waals surface area contributed by atoms with E-state index in [1.807, 2.05) is 42.5 Å². The molecule has 2 aromatic carbocycles. The summed E-state index contributed by atoms with van der Waals surface area (Å²) in [6.45, 7) is 4.09. The zero-order valence-electron chi connectivity index (χ0n) is 19.6. The summed E-state index contributed by atoms with van der Waals surface area (Å²) in [4.78, 5) is 30.0. The smallest absolute Gasteiger partial charge is 0.259 e. The fourth-order valence-electron chi connectivity index (χ4n) is 3.76. The number of carbonyl (C=O) groups excluding carboxylic acids is 1. The number of hydrogen-bond acceptors (Lipinski definition) is 8. The molecule has 0 bridgehead atoms. The van der Waals surface area contributed by atoms with Gasteiger partial charge in [-0.3, -0.25) is 4.79 Å². The van der Waals surface area contributed by atoms with Crippen molar-refractivity contribution in [3.05, 3.63) is 60.2 Å². The molecule has 35 heavy (non-hydrogen) atoms.